The van der Waals surface area contributed by atoms with Crippen molar-refractivity contribution < 1.29 is 19.4 Å². The zero-order valence-corrected chi connectivity index (χ0v) is 29.1. The number of carboxylic acid groups (broad SMARTS) is 1. The number of nitrogens with one attached hydrogen (secondary N) is 2. The van der Waals surface area contributed by atoms with Crippen LogP contribution in [0.3, 0.4) is 0 Å². The summed E-state index contributed by atoms with van der Waals surface area (Å²) in [6.07, 6.45) is 19.0. The fourth-order valence-corrected chi connectivity index (χ4v) is 9.86. The first kappa shape index (κ1) is 37.0. The Morgan fingerprint density at radius 1 is 0.977 bits per heavy atom. The highest BCUT2D eigenvalue weighted by Gasteiger charge is 2.59. The molecule has 0 amide bonds. The van der Waals surface area contributed by atoms with E-state index in [0.717, 1.165) is 94.3 Å². The van der Waals surface area contributed by atoms with Gasteiger partial charge < -0.3 is 26.2 Å². The van der Waals surface area contributed by atoms with Crippen LogP contribution in [0.5, 0.6) is 0 Å². The molecular weight excluding hydrogens is 550 g/mol. The summed E-state index contributed by atoms with van der Waals surface area (Å²) >= 11 is 0. The van der Waals surface area contributed by atoms with Crippen molar-refractivity contribution in [1.29, 1.82) is 0 Å². The third-order valence-electron chi connectivity index (χ3n) is 12.1. The smallest absolute Gasteiger partial charge is 0.320 e. The number of hydrogen-bond donors (Lipinski definition) is 4. The summed E-state index contributed by atoms with van der Waals surface area (Å²) in [5, 5.41) is 14.1. The highest BCUT2D eigenvalue weighted by Crippen LogP contribution is 2.67. The molecule has 0 aromatic rings. The van der Waals surface area contributed by atoms with Crippen molar-refractivity contribution in [3.63, 3.8) is 0 Å². The van der Waals surface area contributed by atoms with E-state index in [0.29, 0.717) is 17.4 Å². The summed E-state index contributed by atoms with van der Waals surface area (Å²) in [7, 11) is 0. The molecule has 0 aromatic carbocycles. The molecule has 44 heavy (non-hydrogen) atoms. The van der Waals surface area contributed by atoms with Crippen molar-refractivity contribution in [3.8, 4) is 0 Å². The van der Waals surface area contributed by atoms with E-state index < -0.39 is 5.97 Å². The number of nitrogens with two attached hydrogens (primary N) is 1. The number of carbonyl (C=O) groups is 2. The van der Waals surface area contributed by atoms with Gasteiger partial charge in [-0.3, -0.25) is 9.59 Å². The van der Waals surface area contributed by atoms with Crippen molar-refractivity contribution in [3.05, 3.63) is 11.6 Å². The normalized spacial score (nSPS) is 33.3. The Kier molecular flexibility index (Phi) is 14.7. The number of aliphatic carboxylic acids is 1. The van der Waals surface area contributed by atoms with Crippen LogP contribution < -0.4 is 16.4 Å². The fourth-order valence-electron chi connectivity index (χ4n) is 9.86. The molecule has 0 aromatic heterocycles. The van der Waals surface area contributed by atoms with Crippen LogP contribution in [0.2, 0.25) is 0 Å². The molecular formula is C37H67N3O4. The van der Waals surface area contributed by atoms with Crippen molar-refractivity contribution in [2.45, 2.75) is 131 Å². The minimum absolute atomic E-state index is 0.0551. The molecule has 7 heteroatoms. The summed E-state index contributed by atoms with van der Waals surface area (Å²) in [6.45, 7) is 17.5. The van der Waals surface area contributed by atoms with Crippen molar-refractivity contribution >= 4 is 11.9 Å². The van der Waals surface area contributed by atoms with E-state index in [1.165, 1.54) is 57.8 Å². The number of rotatable bonds is 15. The minimum Gasteiger partial charge on any atom is -0.481 e. The number of ether oxygens (including phenoxy) is 1. The van der Waals surface area contributed by atoms with Gasteiger partial charge in [-0.2, -0.15) is 0 Å². The van der Waals surface area contributed by atoms with E-state index in [4.69, 9.17) is 20.4 Å². The van der Waals surface area contributed by atoms with Crippen molar-refractivity contribution in [1.82, 2.24) is 10.6 Å². The third kappa shape index (κ3) is 9.78. The van der Waals surface area contributed by atoms with Gasteiger partial charge in [0.05, 0.1) is 6.54 Å². The molecule has 4 rings (SSSR count). The quantitative estimate of drug-likeness (QED) is 0.0893. The van der Waals surface area contributed by atoms with Gasteiger partial charge in [0.2, 0.25) is 0 Å². The van der Waals surface area contributed by atoms with Crippen LogP contribution in [0.1, 0.15) is 125 Å². The Morgan fingerprint density at radius 3 is 2.39 bits per heavy atom. The Balaban J connectivity index is 0.00000124. The first-order valence-electron chi connectivity index (χ1n) is 18.1. The van der Waals surface area contributed by atoms with Crippen LogP contribution in [-0.2, 0) is 14.3 Å². The van der Waals surface area contributed by atoms with Crippen molar-refractivity contribution in [2.75, 3.05) is 32.7 Å². The average molecular weight is 618 g/mol. The molecule has 0 aliphatic heterocycles. The molecule has 0 saturated heterocycles. The van der Waals surface area contributed by atoms with Crippen LogP contribution >= 0.6 is 0 Å². The highest BCUT2D eigenvalue weighted by atomic mass is 16.5. The van der Waals surface area contributed by atoms with E-state index in [1.807, 2.05) is 0 Å². The van der Waals surface area contributed by atoms with Crippen molar-refractivity contribution in [2.24, 2.45) is 52.1 Å². The molecule has 8 atom stereocenters. The zero-order chi connectivity index (χ0) is 32.3. The van der Waals surface area contributed by atoms with Crippen LogP contribution in [-0.4, -0.2) is 55.9 Å². The summed E-state index contributed by atoms with van der Waals surface area (Å²) in [5.41, 5.74) is 7.98. The SMILES string of the molecule is CC(=O)O.CC(C)CCC[C@@H](C)[C@H]1CCC2C3CC=C4CC(OC(=O)CNCCCNCCCN)CC[C@]4(C)C3CC[C@@]21C. The number of hydrogen-bond acceptors (Lipinski definition) is 6. The molecule has 3 fully saturated rings. The lowest BCUT2D eigenvalue weighted by Gasteiger charge is -2.58. The summed E-state index contributed by atoms with van der Waals surface area (Å²) in [5.74, 6) is 4.26. The van der Waals surface area contributed by atoms with Gasteiger partial charge in [-0.05, 0) is 130 Å². The van der Waals surface area contributed by atoms with Crippen LogP contribution in [0.15, 0.2) is 11.6 Å². The first-order valence-corrected chi connectivity index (χ1v) is 18.1. The Bertz CT molecular complexity index is 934. The number of carboxylic acids is 1. The molecule has 0 spiro atoms. The average Bonchev–Trinajstić information content (AvgIpc) is 3.31. The lowest BCUT2D eigenvalue weighted by Crippen LogP contribution is -2.51. The van der Waals surface area contributed by atoms with Gasteiger partial charge in [0, 0.05) is 13.3 Å². The lowest BCUT2D eigenvalue weighted by atomic mass is 9.47. The first-order chi connectivity index (χ1) is 20.9. The number of carbonyl (C=O) groups excluding carboxylic acids is 1. The molecule has 0 bridgehead atoms. The van der Waals surface area contributed by atoms with Gasteiger partial charge in [0.25, 0.3) is 5.97 Å². The lowest BCUT2D eigenvalue weighted by molar-refractivity contribution is -0.150. The second kappa shape index (κ2) is 17.5. The van der Waals surface area contributed by atoms with Gasteiger partial charge in [0.1, 0.15) is 6.10 Å². The maximum atomic E-state index is 12.6. The Hall–Kier alpha value is -1.44. The van der Waals surface area contributed by atoms with Gasteiger partial charge in [-0.15, -0.1) is 0 Å². The van der Waals surface area contributed by atoms with Gasteiger partial charge in [-0.25, -0.2) is 0 Å². The number of fused-ring (bicyclic) bond motifs is 5. The predicted octanol–water partition coefficient (Wildman–Crippen LogP) is 6.95. The second-order valence-electron chi connectivity index (χ2n) is 15.6. The van der Waals surface area contributed by atoms with E-state index in [9.17, 15) is 4.79 Å². The molecule has 5 N–H and O–H groups in total. The molecule has 0 heterocycles. The monoisotopic (exact) mass is 618 g/mol. The largest absolute Gasteiger partial charge is 0.481 e. The van der Waals surface area contributed by atoms with Gasteiger partial charge >= 0.3 is 5.97 Å². The van der Waals surface area contributed by atoms with E-state index in [1.54, 1.807) is 5.57 Å². The van der Waals surface area contributed by atoms with Gasteiger partial charge in [-0.1, -0.05) is 65.5 Å². The third-order valence-corrected chi connectivity index (χ3v) is 12.1. The van der Waals surface area contributed by atoms with Crippen LogP contribution in [0.4, 0.5) is 0 Å². The fraction of sp³-hybridized carbons (Fsp3) is 0.892. The van der Waals surface area contributed by atoms with Crippen LogP contribution in [0.25, 0.3) is 0 Å². The summed E-state index contributed by atoms with van der Waals surface area (Å²) < 4.78 is 5.98. The molecule has 254 valence electrons. The molecule has 0 radical (unpaired) electrons. The molecule has 7 nitrogen and oxygen atoms in total. The molecule has 4 aliphatic carbocycles. The Labute approximate surface area is 269 Å². The maximum absolute atomic E-state index is 12.6. The second-order valence-corrected chi connectivity index (χ2v) is 15.6. The summed E-state index contributed by atoms with van der Waals surface area (Å²) in [6, 6.07) is 0. The number of esters is 1. The summed E-state index contributed by atoms with van der Waals surface area (Å²) in [4.78, 5) is 21.6. The zero-order valence-electron chi connectivity index (χ0n) is 29.1. The minimum atomic E-state index is -0.833. The number of allylic oxidation sites excluding steroid dienone is 1. The molecule has 4 aliphatic rings. The van der Waals surface area contributed by atoms with E-state index >= 15 is 0 Å². The van der Waals surface area contributed by atoms with E-state index in [-0.39, 0.29) is 12.1 Å². The maximum Gasteiger partial charge on any atom is 0.320 e. The molecule has 3 saturated carbocycles. The van der Waals surface area contributed by atoms with Gasteiger partial charge in [0.15, 0.2) is 0 Å². The van der Waals surface area contributed by atoms with E-state index in [2.05, 4.69) is 51.3 Å². The van der Waals surface area contributed by atoms with Crippen LogP contribution in [0, 0.1) is 46.3 Å². The predicted molar refractivity (Wildman–Crippen MR) is 180 cm³/mol. The molecule has 4 unspecified atom stereocenters. The Morgan fingerprint density at radius 2 is 1.68 bits per heavy atom. The standard InChI is InChI=1S/C35H63N3O2.C2H4O2/c1-25(2)9-6-10-26(3)30-13-14-31-29-12-11-27-23-28(15-17-34(27,4)32(29)16-18-35(30,31)5)40-33(39)24-38-22-8-21-37-20-7-19-36;1-2(3)4/h11,25-26,28-32,37-38H,6-10,12-24,36H2,1-5H3;1H3,(H,3,4)/t26-,28?,29?,30-,31?,32?,34+,35-;/m1./s1. The topological polar surface area (TPSA) is 114 Å². The highest BCUT2D eigenvalue weighted by molar-refractivity contribution is 5.71.